The second-order valence-corrected chi connectivity index (χ2v) is 10.7. The first-order chi connectivity index (χ1) is 20.5. The molecule has 6 rings (SSSR count). The van der Waals surface area contributed by atoms with Gasteiger partial charge < -0.3 is 29.2 Å². The number of piperazine rings is 2. The maximum absolute atomic E-state index is 5.36. The van der Waals surface area contributed by atoms with E-state index in [2.05, 4.69) is 54.6 Å². The van der Waals surface area contributed by atoms with Crippen LogP contribution < -0.4 is 20.1 Å². The van der Waals surface area contributed by atoms with Gasteiger partial charge in [-0.3, -0.25) is 9.80 Å². The third-order valence-electron chi connectivity index (χ3n) is 7.21. The van der Waals surface area contributed by atoms with Crippen molar-refractivity contribution in [2.24, 2.45) is 0 Å². The van der Waals surface area contributed by atoms with Crippen molar-refractivity contribution in [3.05, 3.63) is 60.2 Å². The van der Waals surface area contributed by atoms with Gasteiger partial charge in [-0.25, -0.2) is 0 Å². The van der Waals surface area contributed by atoms with E-state index in [1.807, 2.05) is 48.5 Å². The maximum Gasteiger partial charge on any atom is 0.258 e. The van der Waals surface area contributed by atoms with E-state index in [-0.39, 0.29) is 0 Å². The Hall–Kier alpha value is -3.84. The summed E-state index contributed by atoms with van der Waals surface area (Å²) in [6.45, 7) is 11.8. The minimum atomic E-state index is 0.503. The predicted octanol–water partition coefficient (Wildman–Crippen LogP) is 3.08. The van der Waals surface area contributed by atoms with Crippen LogP contribution in [0.15, 0.2) is 57.6 Å². The Balaban J connectivity index is 0.000000168. The third kappa shape index (κ3) is 8.13. The van der Waals surface area contributed by atoms with Crippen LogP contribution in [0.25, 0.3) is 22.9 Å². The molecule has 0 amide bonds. The highest BCUT2D eigenvalue weighted by atomic mass is 16.5. The Labute approximate surface area is 246 Å². The molecular weight excluding hydrogens is 536 g/mol. The van der Waals surface area contributed by atoms with Crippen LogP contribution in [0.1, 0.15) is 25.5 Å². The Bertz CT molecular complexity index is 1300. The van der Waals surface area contributed by atoms with Crippen molar-refractivity contribution < 1.29 is 18.5 Å². The topological polar surface area (TPSA) is 127 Å². The van der Waals surface area contributed by atoms with E-state index < -0.39 is 0 Å². The fourth-order valence-electron chi connectivity index (χ4n) is 5.09. The zero-order chi connectivity index (χ0) is 29.3. The molecule has 2 aromatic heterocycles. The summed E-state index contributed by atoms with van der Waals surface area (Å²) >= 11 is 0. The summed E-state index contributed by atoms with van der Waals surface area (Å²) in [7, 11) is 3.29. The van der Waals surface area contributed by atoms with Crippen molar-refractivity contribution >= 4 is 0 Å². The van der Waals surface area contributed by atoms with Gasteiger partial charge in [0, 0.05) is 62.5 Å². The third-order valence-corrected chi connectivity index (χ3v) is 7.21. The first-order valence-corrected chi connectivity index (χ1v) is 14.3. The quantitative estimate of drug-likeness (QED) is 0.320. The molecule has 0 aliphatic carbocycles. The van der Waals surface area contributed by atoms with E-state index >= 15 is 0 Å². The first-order valence-electron chi connectivity index (χ1n) is 14.3. The summed E-state index contributed by atoms with van der Waals surface area (Å²) in [5.41, 5.74) is 1.75. The molecule has 2 saturated heterocycles. The maximum atomic E-state index is 5.36. The zero-order valence-electron chi connectivity index (χ0n) is 24.7. The Morgan fingerprint density at radius 1 is 0.738 bits per heavy atom. The Morgan fingerprint density at radius 3 is 1.60 bits per heavy atom. The number of rotatable bonds is 8. The molecule has 4 aromatic rings. The number of nitrogens with zero attached hydrogens (tertiary/aromatic N) is 6. The number of ether oxygens (including phenoxy) is 2. The lowest BCUT2D eigenvalue weighted by Gasteiger charge is -2.30. The summed E-state index contributed by atoms with van der Waals surface area (Å²) in [6, 6.07) is 16.3. The normalized spacial score (nSPS) is 19.6. The molecule has 12 nitrogen and oxygen atoms in total. The highest BCUT2D eigenvalue weighted by Crippen LogP contribution is 2.23. The summed E-state index contributed by atoms with van der Waals surface area (Å²) in [5, 5.41) is 15.0. The minimum absolute atomic E-state index is 0.503. The summed E-state index contributed by atoms with van der Waals surface area (Å²) in [4.78, 5) is 13.6. The molecule has 2 fully saturated rings. The SMILES string of the molecule is COc1cccc(-c2nc(CN3CCNC(C)C3)no2)c1.COc1cccc(-c2nc(CN3CCNC(C)C3)no2)c1. The average molecular weight is 577 g/mol. The van der Waals surface area contributed by atoms with Crippen LogP contribution in [0.4, 0.5) is 0 Å². The molecule has 0 spiro atoms. The molecule has 4 heterocycles. The molecule has 0 radical (unpaired) electrons. The standard InChI is InChI=1S/2C15H20N4O2/c2*1-11-9-19(7-6-16-11)10-14-17-15(21-18-14)12-4-3-5-13(8-12)20-2/h2*3-5,8,11,16H,6-7,9-10H2,1-2H3. The van der Waals surface area contributed by atoms with E-state index in [1.54, 1.807) is 14.2 Å². The molecule has 0 saturated carbocycles. The largest absolute Gasteiger partial charge is 0.497 e. The second kappa shape index (κ2) is 14.4. The lowest BCUT2D eigenvalue weighted by Crippen LogP contribution is -2.48. The zero-order valence-corrected chi connectivity index (χ0v) is 24.7. The average Bonchev–Trinajstić information content (AvgIpc) is 3.68. The smallest absolute Gasteiger partial charge is 0.258 e. The number of aromatic nitrogens is 4. The van der Waals surface area contributed by atoms with Gasteiger partial charge in [0.15, 0.2) is 11.6 Å². The number of methoxy groups -OCH3 is 2. The van der Waals surface area contributed by atoms with Crippen molar-refractivity contribution in [2.45, 2.75) is 39.0 Å². The van der Waals surface area contributed by atoms with Crippen LogP contribution >= 0.6 is 0 Å². The highest BCUT2D eigenvalue weighted by Gasteiger charge is 2.20. The van der Waals surface area contributed by atoms with Gasteiger partial charge in [-0.2, -0.15) is 9.97 Å². The molecule has 2 aromatic carbocycles. The van der Waals surface area contributed by atoms with Crippen LogP contribution in [0.3, 0.4) is 0 Å². The fourth-order valence-corrected chi connectivity index (χ4v) is 5.09. The molecular formula is C30H40N8O4. The molecule has 2 unspecified atom stereocenters. The van der Waals surface area contributed by atoms with Gasteiger partial charge in [-0.1, -0.05) is 22.4 Å². The van der Waals surface area contributed by atoms with Gasteiger partial charge in [0.25, 0.3) is 11.8 Å². The van der Waals surface area contributed by atoms with Crippen molar-refractivity contribution in [1.82, 2.24) is 40.7 Å². The number of nitrogens with one attached hydrogen (secondary N) is 2. The van der Waals surface area contributed by atoms with Crippen molar-refractivity contribution in [2.75, 3.05) is 53.5 Å². The molecule has 2 N–H and O–H groups in total. The van der Waals surface area contributed by atoms with E-state index in [1.165, 1.54) is 0 Å². The first kappa shape index (κ1) is 29.6. The van der Waals surface area contributed by atoms with Gasteiger partial charge >= 0.3 is 0 Å². The number of hydrogen-bond acceptors (Lipinski definition) is 12. The van der Waals surface area contributed by atoms with Crippen LogP contribution in [-0.4, -0.2) is 95.7 Å². The second-order valence-electron chi connectivity index (χ2n) is 10.7. The molecule has 224 valence electrons. The Morgan fingerprint density at radius 2 is 1.19 bits per heavy atom. The van der Waals surface area contributed by atoms with E-state index in [0.717, 1.165) is 86.6 Å². The van der Waals surface area contributed by atoms with Gasteiger partial charge in [0.1, 0.15) is 11.5 Å². The molecule has 2 aliphatic rings. The Kier molecular flexibility index (Phi) is 10.1. The molecule has 12 heteroatoms. The minimum Gasteiger partial charge on any atom is -0.497 e. The molecule has 0 bridgehead atoms. The van der Waals surface area contributed by atoms with E-state index in [0.29, 0.717) is 23.9 Å². The monoisotopic (exact) mass is 576 g/mol. The van der Waals surface area contributed by atoms with Crippen LogP contribution in [-0.2, 0) is 13.1 Å². The van der Waals surface area contributed by atoms with Crippen molar-refractivity contribution in [1.29, 1.82) is 0 Å². The number of benzene rings is 2. The van der Waals surface area contributed by atoms with Gasteiger partial charge in [0.05, 0.1) is 27.3 Å². The van der Waals surface area contributed by atoms with Crippen molar-refractivity contribution in [3.8, 4) is 34.4 Å². The summed E-state index contributed by atoms with van der Waals surface area (Å²) < 4.78 is 21.1. The van der Waals surface area contributed by atoms with Crippen molar-refractivity contribution in [3.63, 3.8) is 0 Å². The van der Waals surface area contributed by atoms with Gasteiger partial charge in [-0.05, 0) is 50.2 Å². The molecule has 42 heavy (non-hydrogen) atoms. The lowest BCUT2D eigenvalue weighted by atomic mass is 10.2. The van der Waals surface area contributed by atoms with Gasteiger partial charge in [-0.15, -0.1) is 0 Å². The van der Waals surface area contributed by atoms with Crippen LogP contribution in [0.5, 0.6) is 11.5 Å². The van der Waals surface area contributed by atoms with Gasteiger partial charge in [0.2, 0.25) is 0 Å². The van der Waals surface area contributed by atoms with E-state index in [9.17, 15) is 0 Å². The summed E-state index contributed by atoms with van der Waals surface area (Å²) in [6.07, 6.45) is 0. The predicted molar refractivity (Wildman–Crippen MR) is 158 cm³/mol. The number of hydrogen-bond donors (Lipinski definition) is 2. The fraction of sp³-hybridized carbons (Fsp3) is 0.467. The van der Waals surface area contributed by atoms with Crippen LogP contribution in [0.2, 0.25) is 0 Å². The molecule has 2 aliphatic heterocycles. The van der Waals surface area contributed by atoms with Crippen LogP contribution in [0, 0.1) is 0 Å². The van der Waals surface area contributed by atoms with E-state index in [4.69, 9.17) is 18.5 Å². The lowest BCUT2D eigenvalue weighted by molar-refractivity contribution is 0.193. The highest BCUT2D eigenvalue weighted by molar-refractivity contribution is 5.56. The summed E-state index contributed by atoms with van der Waals surface area (Å²) in [5.74, 6) is 4.08. The molecule has 2 atom stereocenters.